The van der Waals surface area contributed by atoms with Crippen LogP contribution in [0.25, 0.3) is 21.5 Å². The Morgan fingerprint density at radius 3 is 2.09 bits per heavy atom. The van der Waals surface area contributed by atoms with Crippen molar-refractivity contribution in [3.8, 4) is 28.7 Å². The molecule has 2 N–H and O–H groups in total. The predicted molar refractivity (Wildman–Crippen MR) is 84.4 cm³/mol. The normalized spacial score (nSPS) is 10.9. The summed E-state index contributed by atoms with van der Waals surface area (Å²) < 4.78 is 15.8. The van der Waals surface area contributed by atoms with Crippen molar-refractivity contribution < 1.29 is 24.4 Å². The summed E-state index contributed by atoms with van der Waals surface area (Å²) >= 11 is 0. The van der Waals surface area contributed by atoms with Crippen LogP contribution in [0.15, 0.2) is 30.3 Å². The number of phenols is 2. The van der Waals surface area contributed by atoms with Gasteiger partial charge in [0.25, 0.3) is 0 Å². The molecule has 0 atom stereocenters. The van der Waals surface area contributed by atoms with E-state index < -0.39 is 0 Å². The smallest absolute Gasteiger partial charge is 0.201 e. The fourth-order valence-corrected chi connectivity index (χ4v) is 2.77. The van der Waals surface area contributed by atoms with Crippen LogP contribution < -0.4 is 14.2 Å². The highest BCUT2D eigenvalue weighted by atomic mass is 16.5. The van der Waals surface area contributed by atoms with Gasteiger partial charge < -0.3 is 24.4 Å². The number of aromatic hydroxyl groups is 2. The van der Waals surface area contributed by atoms with E-state index >= 15 is 0 Å². The zero-order chi connectivity index (χ0) is 15.9. The summed E-state index contributed by atoms with van der Waals surface area (Å²) in [5.74, 6) is 1.06. The van der Waals surface area contributed by atoms with Crippen LogP contribution in [0.3, 0.4) is 0 Å². The van der Waals surface area contributed by atoms with Gasteiger partial charge in [-0.3, -0.25) is 0 Å². The van der Waals surface area contributed by atoms with Crippen molar-refractivity contribution >= 4 is 21.5 Å². The highest BCUT2D eigenvalue weighted by Crippen LogP contribution is 2.47. The number of ether oxygens (including phenoxy) is 3. The Morgan fingerprint density at radius 2 is 1.45 bits per heavy atom. The third-order valence-electron chi connectivity index (χ3n) is 3.75. The summed E-state index contributed by atoms with van der Waals surface area (Å²) in [4.78, 5) is 0. The second-order valence-corrected chi connectivity index (χ2v) is 4.84. The molecule has 0 unspecified atom stereocenters. The number of fused-ring (bicyclic) bond motifs is 3. The van der Waals surface area contributed by atoms with Crippen LogP contribution >= 0.6 is 0 Å². The van der Waals surface area contributed by atoms with Gasteiger partial charge in [0.15, 0.2) is 23.0 Å². The fraction of sp³-hybridized carbons (Fsp3) is 0.176. The highest BCUT2D eigenvalue weighted by Gasteiger charge is 2.18. The van der Waals surface area contributed by atoms with Crippen molar-refractivity contribution in [1.82, 2.24) is 0 Å². The van der Waals surface area contributed by atoms with Crippen LogP contribution in [0.4, 0.5) is 0 Å². The Morgan fingerprint density at radius 1 is 0.773 bits per heavy atom. The maximum atomic E-state index is 10.3. The molecule has 3 aromatic rings. The maximum absolute atomic E-state index is 10.3. The molecule has 22 heavy (non-hydrogen) atoms. The predicted octanol–water partition coefficient (Wildman–Crippen LogP) is 3.43. The highest BCUT2D eigenvalue weighted by molar-refractivity contribution is 6.14. The van der Waals surface area contributed by atoms with Gasteiger partial charge >= 0.3 is 0 Å². The summed E-state index contributed by atoms with van der Waals surface area (Å²) in [5, 5.41) is 23.3. The molecule has 0 aliphatic heterocycles. The van der Waals surface area contributed by atoms with Gasteiger partial charge in [-0.05, 0) is 35.0 Å². The molecule has 3 rings (SSSR count). The third-order valence-corrected chi connectivity index (χ3v) is 3.75. The van der Waals surface area contributed by atoms with Gasteiger partial charge in [0, 0.05) is 10.8 Å². The number of rotatable bonds is 3. The van der Waals surface area contributed by atoms with Crippen molar-refractivity contribution in [1.29, 1.82) is 0 Å². The first-order chi connectivity index (χ1) is 10.6. The molecule has 0 heterocycles. The third kappa shape index (κ3) is 1.86. The molecule has 114 valence electrons. The summed E-state index contributed by atoms with van der Waals surface area (Å²) in [6, 6.07) is 8.79. The molecule has 5 heteroatoms. The van der Waals surface area contributed by atoms with Crippen molar-refractivity contribution in [2.24, 2.45) is 0 Å². The largest absolute Gasteiger partial charge is 0.504 e. The van der Waals surface area contributed by atoms with Crippen LogP contribution in [-0.2, 0) is 0 Å². The van der Waals surface area contributed by atoms with E-state index in [1.165, 1.54) is 21.3 Å². The Bertz CT molecular complexity index is 870. The van der Waals surface area contributed by atoms with E-state index in [1.807, 2.05) is 12.1 Å². The molecule has 0 spiro atoms. The minimum Gasteiger partial charge on any atom is -0.504 e. The number of methoxy groups -OCH3 is 3. The monoisotopic (exact) mass is 300 g/mol. The van der Waals surface area contributed by atoms with Crippen LogP contribution in [0.2, 0.25) is 0 Å². The van der Waals surface area contributed by atoms with Crippen LogP contribution in [0.5, 0.6) is 28.7 Å². The van der Waals surface area contributed by atoms with Crippen molar-refractivity contribution in [2.75, 3.05) is 21.3 Å². The average Bonchev–Trinajstić information content (AvgIpc) is 2.53. The Kier molecular flexibility index (Phi) is 3.33. The van der Waals surface area contributed by atoms with E-state index in [0.717, 1.165) is 21.5 Å². The molecule has 0 aliphatic carbocycles. The lowest BCUT2D eigenvalue weighted by Gasteiger charge is -2.15. The minimum atomic E-state index is -0.0583. The summed E-state index contributed by atoms with van der Waals surface area (Å²) in [6.07, 6.45) is 0. The zero-order valence-corrected chi connectivity index (χ0v) is 12.5. The van der Waals surface area contributed by atoms with E-state index in [0.29, 0.717) is 17.2 Å². The molecule has 0 saturated carbocycles. The minimum absolute atomic E-state index is 0.0583. The molecule has 0 bridgehead atoms. The first kappa shape index (κ1) is 14.1. The topological polar surface area (TPSA) is 68.2 Å². The zero-order valence-electron chi connectivity index (χ0n) is 12.5. The molecular formula is C17H16O5. The quantitative estimate of drug-likeness (QED) is 0.725. The van der Waals surface area contributed by atoms with Crippen LogP contribution in [0, 0.1) is 0 Å². The van der Waals surface area contributed by atoms with Gasteiger partial charge in [0.05, 0.1) is 21.3 Å². The van der Waals surface area contributed by atoms with Gasteiger partial charge in [0.1, 0.15) is 0 Å². The lowest BCUT2D eigenvalue weighted by Crippen LogP contribution is -1.92. The standard InChI is InChI=1S/C17H16O5/c1-20-13-8-9-4-5-11-10(6-7-12(18)16(11)21-2)14(9)17(22-3)15(13)19/h4-8,18-19H,1-3H3. The maximum Gasteiger partial charge on any atom is 0.201 e. The van der Waals surface area contributed by atoms with Gasteiger partial charge in [-0.25, -0.2) is 0 Å². The van der Waals surface area contributed by atoms with E-state index in [-0.39, 0.29) is 11.5 Å². The fourth-order valence-electron chi connectivity index (χ4n) is 2.77. The first-order valence-corrected chi connectivity index (χ1v) is 6.68. The van der Waals surface area contributed by atoms with Gasteiger partial charge in [-0.2, -0.15) is 0 Å². The second kappa shape index (κ2) is 5.18. The number of benzene rings is 3. The lowest BCUT2D eigenvalue weighted by molar-refractivity contribution is 0.343. The molecule has 3 aromatic carbocycles. The number of hydrogen-bond acceptors (Lipinski definition) is 5. The van der Waals surface area contributed by atoms with Crippen LogP contribution in [-0.4, -0.2) is 31.5 Å². The van der Waals surface area contributed by atoms with Crippen molar-refractivity contribution in [2.45, 2.75) is 0 Å². The number of phenolic OH excluding ortho intramolecular Hbond substituents is 2. The van der Waals surface area contributed by atoms with Crippen molar-refractivity contribution in [3.05, 3.63) is 30.3 Å². The SMILES string of the molecule is COc1cc2ccc3c(OC)c(O)ccc3c2c(OC)c1O. The summed E-state index contributed by atoms with van der Waals surface area (Å²) in [5.41, 5.74) is 0. The molecule has 0 aliphatic rings. The lowest BCUT2D eigenvalue weighted by atomic mass is 9.99. The van der Waals surface area contributed by atoms with E-state index in [1.54, 1.807) is 18.2 Å². The Balaban J connectivity index is 2.53. The average molecular weight is 300 g/mol. The molecule has 0 radical (unpaired) electrons. The Hall–Kier alpha value is -2.82. The molecule has 0 fully saturated rings. The van der Waals surface area contributed by atoms with Crippen LogP contribution in [0.1, 0.15) is 0 Å². The molecule has 0 aromatic heterocycles. The molecule has 5 nitrogen and oxygen atoms in total. The Labute approximate surface area is 127 Å². The molecular weight excluding hydrogens is 284 g/mol. The van der Waals surface area contributed by atoms with Gasteiger partial charge in [-0.15, -0.1) is 0 Å². The van der Waals surface area contributed by atoms with E-state index in [2.05, 4.69) is 0 Å². The summed E-state index contributed by atoms with van der Waals surface area (Å²) in [6.45, 7) is 0. The van der Waals surface area contributed by atoms with E-state index in [9.17, 15) is 10.2 Å². The molecule has 0 saturated heterocycles. The number of hydrogen-bond donors (Lipinski definition) is 2. The molecule has 0 amide bonds. The second-order valence-electron chi connectivity index (χ2n) is 4.84. The van der Waals surface area contributed by atoms with E-state index in [4.69, 9.17) is 14.2 Å². The van der Waals surface area contributed by atoms with Crippen molar-refractivity contribution in [3.63, 3.8) is 0 Å². The van der Waals surface area contributed by atoms with Gasteiger partial charge in [-0.1, -0.05) is 6.07 Å². The summed E-state index contributed by atoms with van der Waals surface area (Å²) in [7, 11) is 4.48. The first-order valence-electron chi connectivity index (χ1n) is 6.68. The van der Waals surface area contributed by atoms with Gasteiger partial charge in [0.2, 0.25) is 5.75 Å².